The lowest BCUT2D eigenvalue weighted by atomic mass is 10.0. The lowest BCUT2D eigenvalue weighted by molar-refractivity contribution is -0.137. The van der Waals surface area contributed by atoms with Crippen LogP contribution in [0.4, 0.5) is 39.5 Å². The van der Waals surface area contributed by atoms with E-state index in [9.17, 15) is 22.4 Å². The van der Waals surface area contributed by atoms with Crippen molar-refractivity contribution in [1.29, 1.82) is 0 Å². The van der Waals surface area contributed by atoms with E-state index in [2.05, 4.69) is 32.8 Å². The molecule has 2 aromatic carbocycles. The molecule has 0 aliphatic heterocycles. The number of benzene rings is 2. The van der Waals surface area contributed by atoms with Crippen LogP contribution >= 0.6 is 11.3 Å². The highest BCUT2D eigenvalue weighted by atomic mass is 32.1. The average molecular weight is 528 g/mol. The van der Waals surface area contributed by atoms with E-state index in [0.717, 1.165) is 33.3 Å². The minimum atomic E-state index is -4.67. The molecular weight excluding hydrogens is 506 g/mol. The number of nitrogens with zero attached hydrogens (tertiary/aromatic N) is 1. The molecule has 0 saturated heterocycles. The Labute approximate surface area is 213 Å². The fraction of sp³-hybridized carbons (Fsp3) is 0.154. The lowest BCUT2D eigenvalue weighted by Gasteiger charge is -2.12. The van der Waals surface area contributed by atoms with Crippen molar-refractivity contribution in [2.24, 2.45) is 0 Å². The minimum Gasteiger partial charge on any atom is -0.383 e. The normalized spacial score (nSPS) is 11.2. The van der Waals surface area contributed by atoms with Crippen LogP contribution in [0.15, 0.2) is 54.0 Å². The zero-order valence-corrected chi connectivity index (χ0v) is 20.3. The van der Waals surface area contributed by atoms with E-state index in [1.54, 1.807) is 30.5 Å². The summed E-state index contributed by atoms with van der Waals surface area (Å²) in [6, 6.07) is 7.65. The Hall–Kier alpha value is -4.14. The van der Waals surface area contributed by atoms with Gasteiger partial charge in [0, 0.05) is 22.8 Å². The first-order chi connectivity index (χ1) is 17.7. The van der Waals surface area contributed by atoms with Crippen molar-refractivity contribution in [3.63, 3.8) is 0 Å². The SMILES string of the molecule is CCNCC#Cc1cnc(N)c2c(-c3ccc(NC(=O)Nc4cc(C(F)(F)F)ccc4F)cc3)csc12. The molecule has 0 aliphatic rings. The number of nitrogens with two attached hydrogens (primary N) is 1. The molecule has 6 nitrogen and oxygen atoms in total. The van der Waals surface area contributed by atoms with Crippen molar-refractivity contribution in [2.75, 3.05) is 29.5 Å². The van der Waals surface area contributed by atoms with E-state index in [0.29, 0.717) is 36.2 Å². The Morgan fingerprint density at radius 3 is 2.59 bits per heavy atom. The van der Waals surface area contributed by atoms with Crippen LogP contribution in [-0.2, 0) is 6.18 Å². The summed E-state index contributed by atoms with van der Waals surface area (Å²) in [7, 11) is 0. The Kier molecular flexibility index (Phi) is 7.61. The molecule has 0 spiro atoms. The smallest absolute Gasteiger partial charge is 0.383 e. The van der Waals surface area contributed by atoms with Crippen LogP contribution in [-0.4, -0.2) is 24.1 Å². The number of halogens is 4. The first-order valence-electron chi connectivity index (χ1n) is 11.1. The van der Waals surface area contributed by atoms with Gasteiger partial charge in [0.15, 0.2) is 0 Å². The molecular formula is C26H21F4N5OS. The predicted molar refractivity (Wildman–Crippen MR) is 139 cm³/mol. The summed E-state index contributed by atoms with van der Waals surface area (Å²) in [4.78, 5) is 16.6. The van der Waals surface area contributed by atoms with Gasteiger partial charge >= 0.3 is 12.2 Å². The molecule has 4 rings (SSSR count). The summed E-state index contributed by atoms with van der Waals surface area (Å²) in [5, 5.41) is 10.5. The van der Waals surface area contributed by atoms with Gasteiger partial charge in [-0.3, -0.25) is 0 Å². The first kappa shape index (κ1) is 25.9. The third-order valence-corrected chi connectivity index (χ3v) is 6.32. The molecule has 0 atom stereocenters. The lowest BCUT2D eigenvalue weighted by Crippen LogP contribution is -2.20. The molecule has 4 aromatic rings. The number of anilines is 3. The topological polar surface area (TPSA) is 92.1 Å². The van der Waals surface area contributed by atoms with Gasteiger partial charge in [0.25, 0.3) is 0 Å². The quantitative estimate of drug-likeness (QED) is 0.139. The van der Waals surface area contributed by atoms with Crippen LogP contribution in [0, 0.1) is 17.7 Å². The molecule has 11 heteroatoms. The molecule has 0 radical (unpaired) electrons. The maximum atomic E-state index is 13.9. The van der Waals surface area contributed by atoms with Gasteiger partial charge in [-0.05, 0) is 47.8 Å². The summed E-state index contributed by atoms with van der Waals surface area (Å²) in [6.45, 7) is 3.38. The zero-order chi connectivity index (χ0) is 26.6. The molecule has 0 aliphatic carbocycles. The van der Waals surface area contributed by atoms with E-state index < -0.39 is 29.3 Å². The molecule has 0 saturated carbocycles. The van der Waals surface area contributed by atoms with Crippen LogP contribution < -0.4 is 21.7 Å². The first-order valence-corrected chi connectivity index (χ1v) is 12.0. The number of thiophene rings is 1. The van der Waals surface area contributed by atoms with Gasteiger partial charge in [-0.15, -0.1) is 11.3 Å². The van der Waals surface area contributed by atoms with E-state index >= 15 is 0 Å². The largest absolute Gasteiger partial charge is 0.416 e. The third kappa shape index (κ3) is 5.99. The highest BCUT2D eigenvalue weighted by Gasteiger charge is 2.31. The molecule has 5 N–H and O–H groups in total. The number of nitrogen functional groups attached to an aromatic ring is 1. The summed E-state index contributed by atoms with van der Waals surface area (Å²) in [5.41, 5.74) is 7.31. The number of carbonyl (C=O) groups is 1. The maximum Gasteiger partial charge on any atom is 0.416 e. The van der Waals surface area contributed by atoms with Crippen LogP contribution in [0.5, 0.6) is 0 Å². The molecule has 0 fully saturated rings. The summed E-state index contributed by atoms with van der Waals surface area (Å²) in [6.07, 6.45) is -3.02. The highest BCUT2D eigenvalue weighted by molar-refractivity contribution is 7.18. The van der Waals surface area contributed by atoms with E-state index in [1.165, 1.54) is 11.3 Å². The van der Waals surface area contributed by atoms with Gasteiger partial charge in [0.2, 0.25) is 0 Å². The van der Waals surface area contributed by atoms with Crippen LogP contribution in [0.2, 0.25) is 0 Å². The van der Waals surface area contributed by atoms with E-state index in [1.807, 2.05) is 12.3 Å². The van der Waals surface area contributed by atoms with Crippen molar-refractivity contribution in [3.8, 4) is 23.0 Å². The van der Waals surface area contributed by atoms with Crippen LogP contribution in [0.3, 0.4) is 0 Å². The minimum absolute atomic E-state index is 0.356. The number of hydrogen-bond donors (Lipinski definition) is 4. The van der Waals surface area contributed by atoms with Gasteiger partial charge in [-0.25, -0.2) is 14.2 Å². The molecule has 2 amide bonds. The van der Waals surface area contributed by atoms with Gasteiger partial charge in [0.1, 0.15) is 11.6 Å². The fourth-order valence-corrected chi connectivity index (χ4v) is 4.56. The van der Waals surface area contributed by atoms with Crippen molar-refractivity contribution in [2.45, 2.75) is 13.1 Å². The molecule has 190 valence electrons. The number of pyridine rings is 1. The number of fused-ring (bicyclic) bond motifs is 1. The Morgan fingerprint density at radius 2 is 1.89 bits per heavy atom. The van der Waals surface area contributed by atoms with Crippen molar-refractivity contribution in [1.82, 2.24) is 10.3 Å². The molecule has 0 bridgehead atoms. The second-order valence-electron chi connectivity index (χ2n) is 7.84. The highest BCUT2D eigenvalue weighted by Crippen LogP contribution is 2.38. The number of hydrogen-bond acceptors (Lipinski definition) is 5. The Balaban J connectivity index is 1.52. The van der Waals surface area contributed by atoms with Crippen molar-refractivity contribution >= 4 is 44.6 Å². The standard InChI is InChI=1S/C26H21F4N5OS/c1-2-32-11-3-4-16-13-33-24(31)22-19(14-37-23(16)22)15-5-8-18(9-6-15)34-25(36)35-21-12-17(26(28,29)30)7-10-20(21)27/h5-10,12-14,32H,2,11H2,1H3,(H2,31,33)(H2,34,35,36). The maximum absolute atomic E-state index is 13.9. The van der Waals surface area contributed by atoms with Crippen LogP contribution in [0.1, 0.15) is 18.1 Å². The Bertz CT molecular complexity index is 1500. The summed E-state index contributed by atoms with van der Waals surface area (Å²) >= 11 is 1.50. The molecule has 2 heterocycles. The van der Waals surface area contributed by atoms with Crippen molar-refractivity contribution in [3.05, 3.63) is 71.0 Å². The second-order valence-corrected chi connectivity index (χ2v) is 8.72. The number of alkyl halides is 3. The van der Waals surface area contributed by atoms with Gasteiger partial charge in [0.05, 0.1) is 28.1 Å². The number of rotatable bonds is 5. The fourth-order valence-electron chi connectivity index (χ4n) is 3.51. The Morgan fingerprint density at radius 1 is 1.14 bits per heavy atom. The van der Waals surface area contributed by atoms with Crippen LogP contribution in [0.25, 0.3) is 21.2 Å². The van der Waals surface area contributed by atoms with Gasteiger partial charge in [-0.1, -0.05) is 30.9 Å². The third-order valence-electron chi connectivity index (χ3n) is 5.31. The van der Waals surface area contributed by atoms with Gasteiger partial charge in [-0.2, -0.15) is 13.2 Å². The average Bonchev–Trinajstić information content (AvgIpc) is 3.30. The summed E-state index contributed by atoms with van der Waals surface area (Å²) in [5.74, 6) is 5.56. The zero-order valence-electron chi connectivity index (χ0n) is 19.5. The number of nitrogens with one attached hydrogen (secondary N) is 3. The molecule has 0 unspecified atom stereocenters. The number of amides is 2. The van der Waals surface area contributed by atoms with E-state index in [-0.39, 0.29) is 0 Å². The molecule has 2 aromatic heterocycles. The second kappa shape index (κ2) is 10.9. The van der Waals surface area contributed by atoms with E-state index in [4.69, 9.17) is 5.73 Å². The van der Waals surface area contributed by atoms with Crippen molar-refractivity contribution < 1.29 is 22.4 Å². The number of aromatic nitrogens is 1. The number of urea groups is 1. The summed E-state index contributed by atoms with van der Waals surface area (Å²) < 4.78 is 53.5. The monoisotopic (exact) mass is 527 g/mol. The molecule has 37 heavy (non-hydrogen) atoms. The predicted octanol–water partition coefficient (Wildman–Crippen LogP) is 6.31. The van der Waals surface area contributed by atoms with Gasteiger partial charge < -0.3 is 21.7 Å². The number of carbonyl (C=O) groups excluding carboxylic acids is 1.